The second-order valence-corrected chi connectivity index (χ2v) is 6.91. The maximum Gasteiger partial charge on any atom is 0.416 e. The van der Waals surface area contributed by atoms with E-state index in [-0.39, 0.29) is 17.9 Å². The topological polar surface area (TPSA) is 77.3 Å². The number of H-pyrrole nitrogens is 1. The van der Waals surface area contributed by atoms with E-state index in [0.29, 0.717) is 19.3 Å². The van der Waals surface area contributed by atoms with Crippen molar-refractivity contribution in [1.82, 2.24) is 4.98 Å². The number of carbonyl (C=O) groups excluding carboxylic acids is 1. The number of para-hydroxylation sites is 1. The largest absolute Gasteiger partial charge is 0.492 e. The number of amides is 1. The van der Waals surface area contributed by atoms with Crippen LogP contribution in [0.1, 0.15) is 21.6 Å². The molecule has 0 radical (unpaired) electrons. The van der Waals surface area contributed by atoms with Crippen LogP contribution in [0.25, 0.3) is 10.9 Å². The third-order valence-electron chi connectivity index (χ3n) is 4.93. The first kappa shape index (κ1) is 18.4. The second kappa shape index (κ2) is 6.56. The van der Waals surface area contributed by atoms with E-state index in [1.807, 2.05) is 30.3 Å². The van der Waals surface area contributed by atoms with Gasteiger partial charge in [-0.2, -0.15) is 13.2 Å². The Morgan fingerprint density at radius 3 is 2.54 bits per heavy atom. The molecule has 1 saturated heterocycles. The highest BCUT2D eigenvalue weighted by molar-refractivity contribution is 5.95. The van der Waals surface area contributed by atoms with Gasteiger partial charge in [0.05, 0.1) is 29.8 Å². The molecule has 0 aliphatic carbocycles. The maximum atomic E-state index is 12.9. The number of alkyl halides is 3. The minimum absolute atomic E-state index is 0.0166. The van der Waals surface area contributed by atoms with Crippen molar-refractivity contribution in [3.8, 4) is 5.75 Å². The zero-order chi connectivity index (χ0) is 19.9. The van der Waals surface area contributed by atoms with Gasteiger partial charge in [0.1, 0.15) is 12.4 Å². The number of hydrogen-bond donors (Lipinski definition) is 2. The van der Waals surface area contributed by atoms with Crippen LogP contribution in [-0.4, -0.2) is 30.7 Å². The van der Waals surface area contributed by atoms with Crippen molar-refractivity contribution >= 4 is 16.8 Å². The zero-order valence-electron chi connectivity index (χ0n) is 14.7. The smallest absolute Gasteiger partial charge is 0.416 e. The fourth-order valence-electron chi connectivity index (χ4n) is 3.26. The van der Waals surface area contributed by atoms with E-state index in [0.717, 1.165) is 28.7 Å². The van der Waals surface area contributed by atoms with Crippen molar-refractivity contribution in [2.75, 3.05) is 19.8 Å². The van der Waals surface area contributed by atoms with Gasteiger partial charge in [-0.25, -0.2) is 0 Å². The van der Waals surface area contributed by atoms with E-state index >= 15 is 0 Å². The molecule has 28 heavy (non-hydrogen) atoms. The molecule has 0 spiro atoms. The molecule has 0 unspecified atom stereocenters. The zero-order valence-corrected chi connectivity index (χ0v) is 14.7. The predicted octanol–water partition coefficient (Wildman–Crippen LogP) is 3.63. The van der Waals surface area contributed by atoms with Gasteiger partial charge in [-0.15, -0.1) is 0 Å². The Morgan fingerprint density at radius 2 is 1.93 bits per heavy atom. The Labute approximate surface area is 158 Å². The number of benzene rings is 2. The van der Waals surface area contributed by atoms with Gasteiger partial charge in [0.15, 0.2) is 0 Å². The van der Waals surface area contributed by atoms with Crippen LogP contribution in [0.15, 0.2) is 48.5 Å². The maximum absolute atomic E-state index is 12.9. The third-order valence-corrected chi connectivity index (χ3v) is 4.93. The summed E-state index contributed by atoms with van der Waals surface area (Å²) in [5.41, 5.74) is 5.40. The molecule has 1 aliphatic rings. The molecule has 5 nitrogen and oxygen atoms in total. The van der Waals surface area contributed by atoms with Gasteiger partial charge in [0.25, 0.3) is 5.91 Å². The first-order chi connectivity index (χ1) is 13.3. The SMILES string of the molecule is NC(=O)c1cc(C(F)(F)F)ccc1OCC1(c2cc3ccccc3[nH]2)COC1. The average molecular weight is 390 g/mol. The number of carbonyl (C=O) groups is 1. The number of ether oxygens (including phenoxy) is 2. The lowest BCUT2D eigenvalue weighted by Gasteiger charge is -2.40. The van der Waals surface area contributed by atoms with Crippen LogP contribution >= 0.6 is 0 Å². The van der Waals surface area contributed by atoms with Gasteiger partial charge in [0.2, 0.25) is 0 Å². The van der Waals surface area contributed by atoms with Crippen molar-refractivity contribution in [2.24, 2.45) is 5.73 Å². The summed E-state index contributed by atoms with van der Waals surface area (Å²) in [6.07, 6.45) is -4.57. The molecule has 0 saturated carbocycles. The number of primary amides is 1. The molecule has 8 heteroatoms. The number of halogens is 3. The van der Waals surface area contributed by atoms with Crippen molar-refractivity contribution in [1.29, 1.82) is 0 Å². The lowest BCUT2D eigenvalue weighted by atomic mass is 9.83. The van der Waals surface area contributed by atoms with Gasteiger partial charge in [-0.1, -0.05) is 18.2 Å². The van der Waals surface area contributed by atoms with Crippen LogP contribution in [0, 0.1) is 0 Å². The minimum Gasteiger partial charge on any atom is -0.492 e. The van der Waals surface area contributed by atoms with Crippen molar-refractivity contribution < 1.29 is 27.4 Å². The molecule has 1 aromatic heterocycles. The Kier molecular flexibility index (Phi) is 4.30. The molecule has 4 rings (SSSR count). The molecule has 3 N–H and O–H groups in total. The Hall–Kier alpha value is -3.00. The van der Waals surface area contributed by atoms with Crippen molar-refractivity contribution in [2.45, 2.75) is 11.6 Å². The molecule has 146 valence electrons. The number of aromatic nitrogens is 1. The fourth-order valence-corrected chi connectivity index (χ4v) is 3.26. The molecule has 0 atom stereocenters. The van der Waals surface area contributed by atoms with Gasteiger partial charge in [-0.3, -0.25) is 4.79 Å². The van der Waals surface area contributed by atoms with Gasteiger partial charge >= 0.3 is 6.18 Å². The summed E-state index contributed by atoms with van der Waals surface area (Å²) in [7, 11) is 0. The Bertz CT molecular complexity index is 1010. The molecule has 2 aromatic carbocycles. The van der Waals surface area contributed by atoms with Gasteiger partial charge in [-0.05, 0) is 35.7 Å². The molecule has 3 aromatic rings. The van der Waals surface area contributed by atoms with Crippen molar-refractivity contribution in [3.05, 3.63) is 65.4 Å². The van der Waals surface area contributed by atoms with Crippen molar-refractivity contribution in [3.63, 3.8) is 0 Å². The molecule has 2 heterocycles. The van der Waals surface area contributed by atoms with Crippen LogP contribution in [-0.2, 0) is 16.3 Å². The highest BCUT2D eigenvalue weighted by Gasteiger charge is 2.43. The number of nitrogens with two attached hydrogens (primary N) is 1. The summed E-state index contributed by atoms with van der Waals surface area (Å²) in [6, 6.07) is 12.5. The summed E-state index contributed by atoms with van der Waals surface area (Å²) in [6.45, 7) is 0.921. The number of aromatic amines is 1. The summed E-state index contributed by atoms with van der Waals surface area (Å²) < 4.78 is 49.9. The minimum atomic E-state index is -4.57. The van der Waals surface area contributed by atoms with Crippen LogP contribution in [0.5, 0.6) is 5.75 Å². The molecule has 1 aliphatic heterocycles. The lowest BCUT2D eigenvalue weighted by Crippen LogP contribution is -2.51. The summed E-state index contributed by atoms with van der Waals surface area (Å²) >= 11 is 0. The summed E-state index contributed by atoms with van der Waals surface area (Å²) in [4.78, 5) is 15.0. The Morgan fingerprint density at radius 1 is 1.18 bits per heavy atom. The van der Waals surface area contributed by atoms with Crippen LogP contribution < -0.4 is 10.5 Å². The average Bonchev–Trinajstić information content (AvgIpc) is 3.04. The van der Waals surface area contributed by atoms with Gasteiger partial charge < -0.3 is 20.2 Å². The van der Waals surface area contributed by atoms with Crippen LogP contribution in [0.3, 0.4) is 0 Å². The monoisotopic (exact) mass is 390 g/mol. The van der Waals surface area contributed by atoms with E-state index < -0.39 is 23.1 Å². The summed E-state index contributed by atoms with van der Waals surface area (Å²) in [5, 5.41) is 1.04. The van der Waals surface area contributed by atoms with E-state index in [1.165, 1.54) is 0 Å². The van der Waals surface area contributed by atoms with Crippen LogP contribution in [0.2, 0.25) is 0 Å². The van der Waals surface area contributed by atoms with E-state index in [1.54, 1.807) is 0 Å². The van der Waals surface area contributed by atoms with E-state index in [4.69, 9.17) is 15.2 Å². The molecular formula is C20H17F3N2O3. The van der Waals surface area contributed by atoms with Crippen LogP contribution in [0.4, 0.5) is 13.2 Å². The standard InChI is InChI=1S/C20H17F3N2O3/c21-20(22,23)13-5-6-16(14(8-13)18(24)26)28-11-19(9-27-10-19)17-7-12-3-1-2-4-15(12)25-17/h1-8,25H,9-11H2,(H2,24,26). The van der Waals surface area contributed by atoms with E-state index in [2.05, 4.69) is 4.98 Å². The molecule has 1 amide bonds. The molecular weight excluding hydrogens is 373 g/mol. The lowest BCUT2D eigenvalue weighted by molar-refractivity contribution is -0.137. The van der Waals surface area contributed by atoms with Gasteiger partial charge in [0, 0.05) is 11.2 Å². The second-order valence-electron chi connectivity index (χ2n) is 6.91. The normalized spacial score (nSPS) is 16.0. The Balaban J connectivity index is 1.61. The first-order valence-electron chi connectivity index (χ1n) is 8.58. The number of rotatable bonds is 5. The van der Waals surface area contributed by atoms with E-state index in [9.17, 15) is 18.0 Å². The highest BCUT2D eigenvalue weighted by atomic mass is 19.4. The predicted molar refractivity (Wildman–Crippen MR) is 96.3 cm³/mol. The first-order valence-corrected chi connectivity index (χ1v) is 8.58. The molecule has 0 bridgehead atoms. The number of nitrogens with one attached hydrogen (secondary N) is 1. The number of hydrogen-bond acceptors (Lipinski definition) is 3. The number of fused-ring (bicyclic) bond motifs is 1. The third kappa shape index (κ3) is 3.20. The highest BCUT2D eigenvalue weighted by Crippen LogP contribution is 2.36. The molecule has 1 fully saturated rings. The summed E-state index contributed by atoms with van der Waals surface area (Å²) in [5.74, 6) is -0.964. The fraction of sp³-hybridized carbons (Fsp3) is 0.250. The quantitative estimate of drug-likeness (QED) is 0.698.